The van der Waals surface area contributed by atoms with E-state index in [4.69, 9.17) is 14.5 Å². The first-order chi connectivity index (χ1) is 26.0. The molecule has 54 heavy (non-hydrogen) atoms. The van der Waals surface area contributed by atoms with Crippen LogP contribution in [0.1, 0.15) is 87.6 Å². The Morgan fingerprint density at radius 2 is 1.48 bits per heavy atom. The number of benzene rings is 1. The average molecular weight is 759 g/mol. The molecule has 0 bridgehead atoms. The van der Waals surface area contributed by atoms with Crippen LogP contribution in [0.5, 0.6) is 0 Å². The van der Waals surface area contributed by atoms with E-state index in [-0.39, 0.29) is 35.7 Å². The number of rotatable bonds is 12. The lowest BCUT2D eigenvalue weighted by Crippen LogP contribution is -2.51. The third-order valence-electron chi connectivity index (χ3n) is 10.2. The molecular weight excluding hydrogens is 709 g/mol. The summed E-state index contributed by atoms with van der Waals surface area (Å²) in [5, 5.41) is 5.39. The van der Waals surface area contributed by atoms with E-state index in [0.29, 0.717) is 13.1 Å². The minimum atomic E-state index is -0.683. The van der Waals surface area contributed by atoms with Gasteiger partial charge in [-0.25, -0.2) is 19.6 Å². The zero-order valence-corrected chi connectivity index (χ0v) is 32.5. The molecule has 4 atom stereocenters. The topological polar surface area (TPSA) is 175 Å². The molecule has 4 amide bonds. The second kappa shape index (κ2) is 16.9. The minimum absolute atomic E-state index is 0.0979. The zero-order valence-electron chi connectivity index (χ0n) is 31.7. The van der Waals surface area contributed by atoms with Gasteiger partial charge in [-0.05, 0) is 67.3 Å². The molecule has 6 rings (SSSR count). The molecule has 0 radical (unpaired) electrons. The van der Waals surface area contributed by atoms with Crippen molar-refractivity contribution in [3.63, 3.8) is 0 Å². The smallest absolute Gasteiger partial charge is 0.407 e. The van der Waals surface area contributed by atoms with Crippen molar-refractivity contribution < 1.29 is 28.7 Å². The van der Waals surface area contributed by atoms with Crippen molar-refractivity contribution in [2.45, 2.75) is 84.0 Å². The Balaban J connectivity index is 1.08. The average Bonchev–Trinajstić information content (AvgIpc) is 4.00. The summed E-state index contributed by atoms with van der Waals surface area (Å²) in [6.07, 6.45) is 8.86. The minimum Gasteiger partial charge on any atom is -0.453 e. The molecule has 4 aromatic rings. The lowest BCUT2D eigenvalue weighted by Gasteiger charge is -2.30. The largest absolute Gasteiger partial charge is 0.453 e. The number of fused-ring (bicyclic) bond motifs is 1. The second-order valence-corrected chi connectivity index (χ2v) is 15.7. The number of imidazole rings is 2. The lowest BCUT2D eigenvalue weighted by molar-refractivity contribution is -0.136. The Morgan fingerprint density at radius 3 is 2.07 bits per heavy atom. The summed E-state index contributed by atoms with van der Waals surface area (Å²) >= 11 is 1.69. The molecule has 0 unspecified atom stereocenters. The van der Waals surface area contributed by atoms with Crippen LogP contribution >= 0.6 is 11.3 Å². The maximum atomic E-state index is 13.5. The summed E-state index contributed by atoms with van der Waals surface area (Å²) in [7, 11) is 2.58. The molecule has 4 N–H and O–H groups in total. The van der Waals surface area contributed by atoms with Gasteiger partial charge in [-0.3, -0.25) is 9.59 Å². The Bertz CT molecular complexity index is 2000. The van der Waals surface area contributed by atoms with E-state index in [9.17, 15) is 19.2 Å². The molecule has 2 fully saturated rings. The Kier molecular flexibility index (Phi) is 12.0. The number of aromatic amines is 2. The number of amides is 4. The van der Waals surface area contributed by atoms with Gasteiger partial charge in [0.05, 0.1) is 54.1 Å². The summed E-state index contributed by atoms with van der Waals surface area (Å²) in [5.74, 6) is 1.02. The van der Waals surface area contributed by atoms with E-state index in [1.165, 1.54) is 19.1 Å². The summed E-state index contributed by atoms with van der Waals surface area (Å²) in [4.78, 5) is 73.3. The molecule has 14 nitrogen and oxygen atoms in total. The number of alkyl carbamates (subject to hydrolysis) is 2. The van der Waals surface area contributed by atoms with E-state index >= 15 is 0 Å². The SMILES string of the molecule is COC(=O)N[C@H](C(=O)N1CCC[C@H]1c1ncc(-c2ccc(C/C=C/c3ccc4nc([C@@H]5CCCN5C(=O)[C@@H](NC(=O)OC)C(C)C)[nH]c4c3)s2)[nH]1)C(C)C. The standard InChI is InChI=1S/C39H50N8O6S/c1-22(2)32(44-38(50)52-5)36(48)46-18-8-12-29(46)34-40-21-28(43-34)31-17-15-25(54-31)11-7-10-24-14-16-26-27(20-24)42-35(41-26)30-13-9-19-47(30)37(49)33(23(3)4)45-39(51)53-6/h7,10,14-17,20-23,29-30,32-33H,8-9,11-13,18-19H2,1-6H3,(H,40,43)(H,41,42)(H,44,50)(H,45,51)/b10-7+/t29-,30-,32-,33-/m0/s1. The number of hydrogen-bond donors (Lipinski definition) is 4. The van der Waals surface area contributed by atoms with Gasteiger partial charge >= 0.3 is 12.2 Å². The van der Waals surface area contributed by atoms with Crippen molar-refractivity contribution in [1.82, 2.24) is 40.4 Å². The van der Waals surface area contributed by atoms with Gasteiger partial charge in [-0.1, -0.05) is 45.9 Å². The van der Waals surface area contributed by atoms with Gasteiger partial charge in [0.1, 0.15) is 23.7 Å². The summed E-state index contributed by atoms with van der Waals surface area (Å²) < 4.78 is 9.51. The molecule has 288 valence electrons. The van der Waals surface area contributed by atoms with Crippen molar-refractivity contribution in [2.75, 3.05) is 27.3 Å². The van der Waals surface area contributed by atoms with E-state index in [1.54, 1.807) is 11.3 Å². The molecule has 0 aliphatic carbocycles. The maximum Gasteiger partial charge on any atom is 0.407 e. The Labute approximate surface area is 319 Å². The summed E-state index contributed by atoms with van der Waals surface area (Å²) in [6, 6.07) is 8.54. The molecule has 0 saturated carbocycles. The summed E-state index contributed by atoms with van der Waals surface area (Å²) in [6.45, 7) is 8.82. The molecule has 0 spiro atoms. The van der Waals surface area contributed by atoms with E-state index in [0.717, 1.165) is 70.9 Å². The number of nitrogens with one attached hydrogen (secondary N) is 4. The predicted octanol–water partition coefficient (Wildman–Crippen LogP) is 6.36. The monoisotopic (exact) mass is 758 g/mol. The first kappa shape index (κ1) is 38.5. The highest BCUT2D eigenvalue weighted by molar-refractivity contribution is 7.15. The third kappa shape index (κ3) is 8.46. The molecule has 2 aliphatic heterocycles. The van der Waals surface area contributed by atoms with E-state index < -0.39 is 24.3 Å². The highest BCUT2D eigenvalue weighted by Crippen LogP contribution is 2.35. The third-order valence-corrected chi connectivity index (χ3v) is 11.3. The van der Waals surface area contributed by atoms with E-state index in [2.05, 4.69) is 55.9 Å². The molecule has 1 aromatic carbocycles. The molecule has 2 saturated heterocycles. The fourth-order valence-electron chi connectivity index (χ4n) is 7.27. The first-order valence-electron chi connectivity index (χ1n) is 18.6. The number of ether oxygens (including phenoxy) is 2. The van der Waals surface area contributed by atoms with Crippen LogP contribution in [0, 0.1) is 11.8 Å². The van der Waals surface area contributed by atoms with Crippen LogP contribution < -0.4 is 10.6 Å². The number of methoxy groups -OCH3 is 2. The fraction of sp³-hybridized carbons (Fsp3) is 0.487. The number of thiophene rings is 1. The predicted molar refractivity (Wildman–Crippen MR) is 206 cm³/mol. The van der Waals surface area contributed by atoms with Crippen molar-refractivity contribution in [2.24, 2.45) is 11.8 Å². The van der Waals surface area contributed by atoms with Crippen molar-refractivity contribution >= 4 is 52.4 Å². The van der Waals surface area contributed by atoms with Crippen molar-refractivity contribution in [1.29, 1.82) is 0 Å². The van der Waals surface area contributed by atoms with E-state index in [1.807, 2.05) is 55.8 Å². The molecule has 5 heterocycles. The molecule has 15 heteroatoms. The van der Waals surface area contributed by atoms with Gasteiger partial charge in [-0.2, -0.15) is 0 Å². The number of H-pyrrole nitrogens is 2. The number of allylic oxidation sites excluding steroid dienone is 1. The van der Waals surface area contributed by atoms with Crippen LogP contribution in [0.2, 0.25) is 0 Å². The van der Waals surface area contributed by atoms with Gasteiger partial charge in [0.15, 0.2) is 0 Å². The van der Waals surface area contributed by atoms with Crippen molar-refractivity contribution in [3.8, 4) is 10.6 Å². The van der Waals surface area contributed by atoms with Gasteiger partial charge in [0, 0.05) is 24.4 Å². The number of hydrogen-bond acceptors (Lipinski definition) is 9. The second-order valence-electron chi connectivity index (χ2n) is 14.5. The molecule has 3 aromatic heterocycles. The van der Waals surface area contributed by atoms with Crippen LogP contribution in [-0.2, 0) is 25.5 Å². The summed E-state index contributed by atoms with van der Waals surface area (Å²) in [5.41, 5.74) is 3.67. The van der Waals surface area contributed by atoms with Gasteiger partial charge in [0.25, 0.3) is 0 Å². The maximum absolute atomic E-state index is 13.5. The van der Waals surface area contributed by atoms with Crippen LogP contribution in [0.15, 0.2) is 42.6 Å². The van der Waals surface area contributed by atoms with Crippen LogP contribution in [0.3, 0.4) is 0 Å². The van der Waals surface area contributed by atoms with Crippen LogP contribution in [0.25, 0.3) is 27.7 Å². The van der Waals surface area contributed by atoms with Crippen LogP contribution in [0.4, 0.5) is 9.59 Å². The zero-order chi connectivity index (χ0) is 38.5. The lowest BCUT2D eigenvalue weighted by atomic mass is 10.0. The van der Waals surface area contributed by atoms with Gasteiger partial charge < -0.3 is 39.9 Å². The Morgan fingerprint density at radius 1 is 0.870 bits per heavy atom. The first-order valence-corrected chi connectivity index (χ1v) is 19.4. The number of aromatic nitrogens is 4. The highest BCUT2D eigenvalue weighted by Gasteiger charge is 2.39. The molecule has 2 aliphatic rings. The van der Waals surface area contributed by atoms with Gasteiger partial charge in [-0.15, -0.1) is 11.3 Å². The number of carbonyl (C=O) groups excluding carboxylic acids is 4. The fourth-order valence-corrected chi connectivity index (χ4v) is 8.22. The quantitative estimate of drug-likeness (QED) is 0.129. The molecular formula is C39H50N8O6S. The van der Waals surface area contributed by atoms with Gasteiger partial charge in [0.2, 0.25) is 11.8 Å². The highest BCUT2D eigenvalue weighted by atomic mass is 32.1. The Hall–Kier alpha value is -5.18. The number of nitrogens with zero attached hydrogens (tertiary/aromatic N) is 4. The normalized spacial score (nSPS) is 18.5. The number of likely N-dealkylation sites (tertiary alicyclic amines) is 2. The van der Waals surface area contributed by atoms with Crippen LogP contribution in [-0.4, -0.2) is 93.1 Å². The van der Waals surface area contributed by atoms with Crippen molar-refractivity contribution in [3.05, 3.63) is 64.7 Å². The number of carbonyl (C=O) groups is 4.